The van der Waals surface area contributed by atoms with Gasteiger partial charge in [0.25, 0.3) is 5.56 Å². The number of fused-ring (bicyclic) bond motifs is 2. The summed E-state index contributed by atoms with van der Waals surface area (Å²) in [4.78, 5) is 18.5. The average molecular weight is 678 g/mol. The molecule has 7 nitrogen and oxygen atoms in total. The minimum atomic E-state index is -0.283. The van der Waals surface area contributed by atoms with E-state index in [0.717, 1.165) is 43.8 Å². The highest BCUT2D eigenvalue weighted by Gasteiger charge is 2.17. The van der Waals surface area contributed by atoms with Gasteiger partial charge in [0.2, 0.25) is 5.82 Å². The molecule has 0 radical (unpaired) electrons. The molecule has 3 aromatic heterocycles. The Morgan fingerprint density at radius 1 is 0.956 bits per heavy atom. The van der Waals surface area contributed by atoms with Crippen LogP contribution in [0.5, 0.6) is 5.75 Å². The molecule has 0 amide bonds. The SMILES string of the molecule is Cc1cc(C=Nn2c(-c3cc4cc(Br)ccc4o3)nc3ccccc3c2=O)c(C)n1-c1ccc(OCc2ccccc2Cl)cc1. The van der Waals surface area contributed by atoms with Crippen molar-refractivity contribution in [1.82, 2.24) is 14.2 Å². The Hall–Kier alpha value is -4.92. The summed E-state index contributed by atoms with van der Waals surface area (Å²) in [5.41, 5.74) is 5.75. The molecule has 222 valence electrons. The largest absolute Gasteiger partial charge is 0.489 e. The van der Waals surface area contributed by atoms with E-state index in [0.29, 0.717) is 39.7 Å². The summed E-state index contributed by atoms with van der Waals surface area (Å²) in [6.07, 6.45) is 1.69. The maximum absolute atomic E-state index is 13.7. The number of nitrogens with zero attached hydrogens (tertiary/aromatic N) is 4. The predicted molar refractivity (Wildman–Crippen MR) is 183 cm³/mol. The van der Waals surface area contributed by atoms with Gasteiger partial charge in [0.05, 0.1) is 17.1 Å². The van der Waals surface area contributed by atoms with Crippen molar-refractivity contribution in [2.24, 2.45) is 5.10 Å². The van der Waals surface area contributed by atoms with Gasteiger partial charge in [-0.2, -0.15) is 9.78 Å². The molecule has 0 unspecified atom stereocenters. The highest BCUT2D eigenvalue weighted by Crippen LogP contribution is 2.30. The van der Waals surface area contributed by atoms with Crippen LogP contribution in [0.1, 0.15) is 22.5 Å². The fourth-order valence-electron chi connectivity index (χ4n) is 5.42. The number of para-hydroxylation sites is 1. The van der Waals surface area contributed by atoms with Crippen LogP contribution in [0.15, 0.2) is 122 Å². The lowest BCUT2D eigenvalue weighted by atomic mass is 10.2. The zero-order valence-corrected chi connectivity index (χ0v) is 26.7. The zero-order valence-electron chi connectivity index (χ0n) is 24.4. The molecule has 0 bridgehead atoms. The molecule has 9 heteroatoms. The van der Waals surface area contributed by atoms with Crippen LogP contribution in [-0.2, 0) is 6.61 Å². The van der Waals surface area contributed by atoms with E-state index in [1.807, 2.05) is 111 Å². The third kappa shape index (κ3) is 5.59. The molecular formula is C36H26BrClN4O3. The van der Waals surface area contributed by atoms with Gasteiger partial charge in [-0.1, -0.05) is 57.9 Å². The first kappa shape index (κ1) is 28.8. The molecular weight excluding hydrogens is 652 g/mol. The van der Waals surface area contributed by atoms with E-state index < -0.39 is 0 Å². The lowest BCUT2D eigenvalue weighted by Crippen LogP contribution is -2.20. The number of furan rings is 1. The van der Waals surface area contributed by atoms with E-state index in [1.165, 1.54) is 4.68 Å². The van der Waals surface area contributed by atoms with E-state index in [4.69, 9.17) is 25.7 Å². The lowest BCUT2D eigenvalue weighted by molar-refractivity contribution is 0.306. The second-order valence-corrected chi connectivity index (χ2v) is 12.0. The minimum absolute atomic E-state index is 0.283. The van der Waals surface area contributed by atoms with E-state index in [-0.39, 0.29) is 5.56 Å². The molecule has 0 aliphatic heterocycles. The topological polar surface area (TPSA) is 74.5 Å². The van der Waals surface area contributed by atoms with Gasteiger partial charge < -0.3 is 13.7 Å². The first-order valence-corrected chi connectivity index (χ1v) is 15.4. The predicted octanol–water partition coefficient (Wildman–Crippen LogP) is 9.09. The average Bonchev–Trinajstić information content (AvgIpc) is 3.59. The number of rotatable bonds is 7. The summed E-state index contributed by atoms with van der Waals surface area (Å²) in [6.45, 7) is 4.45. The second-order valence-electron chi connectivity index (χ2n) is 10.6. The van der Waals surface area contributed by atoms with Crippen LogP contribution in [0.2, 0.25) is 5.02 Å². The Labute approximate surface area is 272 Å². The normalized spacial score (nSPS) is 11.6. The molecule has 0 saturated carbocycles. The maximum atomic E-state index is 13.7. The molecule has 0 saturated heterocycles. The van der Waals surface area contributed by atoms with Crippen molar-refractivity contribution in [3.8, 4) is 23.0 Å². The minimum Gasteiger partial charge on any atom is -0.489 e. The standard InChI is InChI=1S/C36H26BrClN4O3/c1-22-17-26(23(2)41(22)28-12-14-29(15-13-28)44-21-24-7-3-5-9-31(24)38)20-39-42-35(40-32-10-6-4-8-30(32)36(42)43)34-19-25-18-27(37)11-16-33(25)45-34/h3-20H,21H2,1-2H3. The van der Waals surface area contributed by atoms with Crippen molar-refractivity contribution in [3.05, 3.63) is 145 Å². The van der Waals surface area contributed by atoms with Crippen molar-refractivity contribution in [1.29, 1.82) is 0 Å². The zero-order chi connectivity index (χ0) is 31.1. The molecule has 0 fully saturated rings. The third-order valence-electron chi connectivity index (χ3n) is 7.68. The summed E-state index contributed by atoms with van der Waals surface area (Å²) in [7, 11) is 0. The fourth-order valence-corrected chi connectivity index (χ4v) is 5.99. The molecule has 45 heavy (non-hydrogen) atoms. The monoisotopic (exact) mass is 676 g/mol. The first-order valence-electron chi connectivity index (χ1n) is 14.3. The number of benzene rings is 4. The Morgan fingerprint density at radius 2 is 1.73 bits per heavy atom. The highest BCUT2D eigenvalue weighted by molar-refractivity contribution is 9.10. The van der Waals surface area contributed by atoms with Gasteiger partial charge in [-0.3, -0.25) is 4.79 Å². The first-order chi connectivity index (χ1) is 21.9. The van der Waals surface area contributed by atoms with Crippen LogP contribution in [0.4, 0.5) is 0 Å². The number of hydrogen-bond acceptors (Lipinski definition) is 5. The number of hydrogen-bond donors (Lipinski definition) is 0. The van der Waals surface area contributed by atoms with Crippen LogP contribution in [0, 0.1) is 13.8 Å². The summed E-state index contributed by atoms with van der Waals surface area (Å²) in [5, 5.41) is 6.72. The van der Waals surface area contributed by atoms with Crippen LogP contribution >= 0.6 is 27.5 Å². The number of ether oxygens (including phenoxy) is 1. The molecule has 7 rings (SSSR count). The van der Waals surface area contributed by atoms with Gasteiger partial charge in [-0.25, -0.2) is 4.98 Å². The van der Waals surface area contributed by atoms with Gasteiger partial charge in [0, 0.05) is 43.1 Å². The second kappa shape index (κ2) is 11.9. The summed E-state index contributed by atoms with van der Waals surface area (Å²) in [5.74, 6) is 1.52. The van der Waals surface area contributed by atoms with Crippen molar-refractivity contribution in [2.75, 3.05) is 0 Å². The number of halogens is 2. The van der Waals surface area contributed by atoms with Crippen molar-refractivity contribution in [3.63, 3.8) is 0 Å². The molecule has 0 spiro atoms. The Kier molecular flexibility index (Phi) is 7.61. The number of aromatic nitrogens is 3. The van der Waals surface area contributed by atoms with Gasteiger partial charge in [0.1, 0.15) is 17.9 Å². The maximum Gasteiger partial charge on any atom is 0.282 e. The molecule has 3 heterocycles. The number of aryl methyl sites for hydroxylation is 1. The molecule has 0 aliphatic carbocycles. The smallest absolute Gasteiger partial charge is 0.282 e. The summed E-state index contributed by atoms with van der Waals surface area (Å²) in [6, 6.07) is 32.5. The molecule has 4 aromatic carbocycles. The Morgan fingerprint density at radius 3 is 2.56 bits per heavy atom. The van der Waals surface area contributed by atoms with Gasteiger partial charge in [-0.05, 0) is 86.6 Å². The quantitative estimate of drug-likeness (QED) is 0.158. The van der Waals surface area contributed by atoms with E-state index in [2.05, 4.69) is 25.6 Å². The van der Waals surface area contributed by atoms with Crippen LogP contribution in [-0.4, -0.2) is 20.4 Å². The molecule has 0 aliphatic rings. The molecule has 0 atom stereocenters. The Bertz CT molecular complexity index is 2300. The van der Waals surface area contributed by atoms with Crippen molar-refractivity contribution >= 4 is 55.6 Å². The lowest BCUT2D eigenvalue weighted by Gasteiger charge is -2.12. The Balaban J connectivity index is 1.22. The van der Waals surface area contributed by atoms with Crippen LogP contribution in [0.25, 0.3) is 39.1 Å². The van der Waals surface area contributed by atoms with E-state index >= 15 is 0 Å². The fraction of sp³-hybridized carbons (Fsp3) is 0.0833. The highest BCUT2D eigenvalue weighted by atomic mass is 79.9. The van der Waals surface area contributed by atoms with Gasteiger partial charge in [0.15, 0.2) is 5.76 Å². The van der Waals surface area contributed by atoms with Gasteiger partial charge in [-0.15, -0.1) is 0 Å². The summed E-state index contributed by atoms with van der Waals surface area (Å²) < 4.78 is 16.5. The van der Waals surface area contributed by atoms with Crippen molar-refractivity contribution < 1.29 is 9.15 Å². The van der Waals surface area contributed by atoms with Crippen molar-refractivity contribution in [2.45, 2.75) is 20.5 Å². The third-order valence-corrected chi connectivity index (χ3v) is 8.54. The molecule has 7 aromatic rings. The van der Waals surface area contributed by atoms with E-state index in [1.54, 1.807) is 12.3 Å². The van der Waals surface area contributed by atoms with Gasteiger partial charge >= 0.3 is 0 Å². The van der Waals surface area contributed by atoms with Crippen LogP contribution < -0.4 is 10.3 Å². The summed E-state index contributed by atoms with van der Waals surface area (Å²) >= 11 is 9.78. The van der Waals surface area contributed by atoms with Crippen LogP contribution in [0.3, 0.4) is 0 Å². The molecule has 0 N–H and O–H groups in total. The van der Waals surface area contributed by atoms with E-state index in [9.17, 15) is 4.79 Å².